The Labute approximate surface area is 205 Å². The smallest absolute Gasteiger partial charge is 0.407 e. The molecule has 0 spiro atoms. The number of alkyl carbamates (subject to hydrolysis) is 1. The highest BCUT2D eigenvalue weighted by atomic mass is 16.5. The van der Waals surface area contributed by atoms with Gasteiger partial charge in [0.2, 0.25) is 5.91 Å². The molecule has 8 nitrogen and oxygen atoms in total. The first-order valence-electron chi connectivity index (χ1n) is 11.8. The SMILES string of the molecule is CC1(C)CN(C(=O)C(CC(=O)O)NC(=O)OCC2c3ccccc3-c3ccccc32)CC(C)(C)O1. The highest BCUT2D eigenvalue weighted by Crippen LogP contribution is 2.44. The zero-order valence-corrected chi connectivity index (χ0v) is 20.5. The molecule has 1 aliphatic heterocycles. The van der Waals surface area contributed by atoms with Crippen molar-refractivity contribution < 1.29 is 29.0 Å². The third-order valence-electron chi connectivity index (χ3n) is 6.32. The third-order valence-corrected chi connectivity index (χ3v) is 6.32. The van der Waals surface area contributed by atoms with E-state index in [-0.39, 0.29) is 25.6 Å². The van der Waals surface area contributed by atoms with Gasteiger partial charge in [0.05, 0.1) is 17.6 Å². The zero-order chi connectivity index (χ0) is 25.4. The molecule has 0 saturated carbocycles. The fourth-order valence-electron chi connectivity index (χ4n) is 5.32. The minimum atomic E-state index is -1.24. The van der Waals surface area contributed by atoms with Crippen molar-refractivity contribution in [2.45, 2.75) is 57.3 Å². The van der Waals surface area contributed by atoms with Crippen LogP contribution >= 0.6 is 0 Å². The average molecular weight is 481 g/mol. The Morgan fingerprint density at radius 1 is 1.00 bits per heavy atom. The van der Waals surface area contributed by atoms with Crippen LogP contribution in [0.15, 0.2) is 48.5 Å². The number of amides is 2. The van der Waals surface area contributed by atoms with Crippen molar-refractivity contribution in [2.75, 3.05) is 19.7 Å². The van der Waals surface area contributed by atoms with Crippen molar-refractivity contribution in [1.29, 1.82) is 0 Å². The van der Waals surface area contributed by atoms with Gasteiger partial charge in [-0.25, -0.2) is 4.79 Å². The van der Waals surface area contributed by atoms with E-state index in [9.17, 15) is 19.5 Å². The largest absolute Gasteiger partial charge is 0.481 e. The van der Waals surface area contributed by atoms with Gasteiger partial charge in [0.25, 0.3) is 0 Å². The van der Waals surface area contributed by atoms with Crippen LogP contribution in [0.5, 0.6) is 0 Å². The van der Waals surface area contributed by atoms with Crippen LogP contribution in [0.3, 0.4) is 0 Å². The number of hydrogen-bond acceptors (Lipinski definition) is 5. The van der Waals surface area contributed by atoms with Crippen LogP contribution < -0.4 is 5.32 Å². The van der Waals surface area contributed by atoms with Crippen LogP contribution in [-0.4, -0.2) is 64.9 Å². The molecule has 0 bridgehead atoms. The van der Waals surface area contributed by atoms with Gasteiger partial charge in [0.15, 0.2) is 0 Å². The number of carbonyl (C=O) groups is 3. The summed E-state index contributed by atoms with van der Waals surface area (Å²) in [5.41, 5.74) is 3.14. The van der Waals surface area contributed by atoms with E-state index in [1.54, 1.807) is 4.90 Å². The van der Waals surface area contributed by atoms with Crippen LogP contribution in [0, 0.1) is 0 Å². The van der Waals surface area contributed by atoms with Gasteiger partial charge < -0.3 is 24.8 Å². The standard InChI is InChI=1S/C27H32N2O6/c1-26(2)15-29(16-27(3,4)35-26)24(32)22(13-23(30)31)28-25(33)34-14-21-19-11-7-5-9-17(19)18-10-6-8-12-20(18)21/h5-12,21-22H,13-16H2,1-4H3,(H,28,33)(H,30,31). The summed E-state index contributed by atoms with van der Waals surface area (Å²) < 4.78 is 11.5. The number of carboxylic acid groups (broad SMARTS) is 1. The van der Waals surface area contributed by atoms with Gasteiger partial charge in [-0.2, -0.15) is 0 Å². The quantitative estimate of drug-likeness (QED) is 0.652. The van der Waals surface area contributed by atoms with E-state index in [0.717, 1.165) is 22.3 Å². The van der Waals surface area contributed by atoms with E-state index in [1.165, 1.54) is 0 Å². The second-order valence-electron chi connectivity index (χ2n) is 10.4. The highest BCUT2D eigenvalue weighted by Gasteiger charge is 2.42. The summed E-state index contributed by atoms with van der Waals surface area (Å²) in [7, 11) is 0. The molecule has 8 heteroatoms. The molecule has 1 heterocycles. The molecule has 4 rings (SSSR count). The van der Waals surface area contributed by atoms with E-state index in [2.05, 4.69) is 5.32 Å². The van der Waals surface area contributed by atoms with Gasteiger partial charge in [0, 0.05) is 19.0 Å². The molecule has 2 aromatic carbocycles. The summed E-state index contributed by atoms with van der Waals surface area (Å²) in [4.78, 5) is 39.0. The number of carboxylic acids is 1. The molecule has 2 aromatic rings. The van der Waals surface area contributed by atoms with E-state index in [1.807, 2.05) is 76.2 Å². The first kappa shape index (κ1) is 24.7. The topological polar surface area (TPSA) is 105 Å². The molecule has 2 aliphatic rings. The first-order chi connectivity index (χ1) is 16.5. The number of fused-ring (bicyclic) bond motifs is 3. The molecule has 1 atom stereocenters. The molecule has 2 amide bonds. The normalized spacial score (nSPS) is 18.8. The Bertz CT molecular complexity index is 1080. The van der Waals surface area contributed by atoms with Gasteiger partial charge in [-0.1, -0.05) is 48.5 Å². The molecule has 1 unspecified atom stereocenters. The minimum absolute atomic E-state index is 0.0749. The maximum atomic E-state index is 13.3. The maximum absolute atomic E-state index is 13.3. The maximum Gasteiger partial charge on any atom is 0.407 e. The Morgan fingerprint density at radius 2 is 1.51 bits per heavy atom. The molecule has 186 valence electrons. The number of ether oxygens (including phenoxy) is 2. The Balaban J connectivity index is 1.45. The van der Waals surface area contributed by atoms with E-state index < -0.39 is 41.6 Å². The van der Waals surface area contributed by atoms with Crippen molar-refractivity contribution in [3.63, 3.8) is 0 Å². The zero-order valence-electron chi connectivity index (χ0n) is 20.5. The van der Waals surface area contributed by atoms with Crippen LogP contribution in [0.25, 0.3) is 11.1 Å². The second kappa shape index (κ2) is 9.34. The number of hydrogen-bond donors (Lipinski definition) is 2. The summed E-state index contributed by atoms with van der Waals surface area (Å²) in [5, 5.41) is 11.9. The van der Waals surface area contributed by atoms with Crippen LogP contribution in [0.4, 0.5) is 4.79 Å². The predicted molar refractivity (Wildman–Crippen MR) is 130 cm³/mol. The monoisotopic (exact) mass is 480 g/mol. The summed E-state index contributed by atoms with van der Waals surface area (Å²) in [6.45, 7) is 8.15. The van der Waals surface area contributed by atoms with Crippen molar-refractivity contribution >= 4 is 18.0 Å². The van der Waals surface area contributed by atoms with Crippen LogP contribution in [0.2, 0.25) is 0 Å². The molecule has 1 saturated heterocycles. The molecule has 35 heavy (non-hydrogen) atoms. The van der Waals surface area contributed by atoms with E-state index in [0.29, 0.717) is 0 Å². The molecular weight excluding hydrogens is 448 g/mol. The molecule has 2 N–H and O–H groups in total. The number of morpholine rings is 1. The van der Waals surface area contributed by atoms with Gasteiger partial charge in [-0.05, 0) is 49.9 Å². The lowest BCUT2D eigenvalue weighted by molar-refractivity contribution is -0.189. The lowest BCUT2D eigenvalue weighted by Crippen LogP contribution is -2.62. The first-order valence-corrected chi connectivity index (χ1v) is 11.8. The average Bonchev–Trinajstić information content (AvgIpc) is 3.08. The van der Waals surface area contributed by atoms with Crippen molar-refractivity contribution in [3.8, 4) is 11.1 Å². The molecule has 0 aromatic heterocycles. The van der Waals surface area contributed by atoms with Crippen LogP contribution in [-0.2, 0) is 19.1 Å². The van der Waals surface area contributed by atoms with Crippen molar-refractivity contribution in [2.24, 2.45) is 0 Å². The second-order valence-corrected chi connectivity index (χ2v) is 10.4. The van der Waals surface area contributed by atoms with E-state index in [4.69, 9.17) is 9.47 Å². The predicted octanol–water partition coefficient (Wildman–Crippen LogP) is 3.78. The summed E-state index contributed by atoms with van der Waals surface area (Å²) in [6, 6.07) is 14.7. The number of rotatable bonds is 6. The molecule has 0 radical (unpaired) electrons. The van der Waals surface area contributed by atoms with Crippen molar-refractivity contribution in [1.82, 2.24) is 10.2 Å². The van der Waals surface area contributed by atoms with Crippen LogP contribution in [0.1, 0.15) is 51.2 Å². The Morgan fingerprint density at radius 3 is 2.03 bits per heavy atom. The number of aliphatic carboxylic acids is 1. The van der Waals surface area contributed by atoms with Gasteiger partial charge >= 0.3 is 12.1 Å². The Hall–Kier alpha value is -3.39. The van der Waals surface area contributed by atoms with E-state index >= 15 is 0 Å². The Kier molecular flexibility index (Phi) is 6.60. The van der Waals surface area contributed by atoms with Gasteiger partial charge in [-0.15, -0.1) is 0 Å². The number of carbonyl (C=O) groups excluding carboxylic acids is 2. The van der Waals surface area contributed by atoms with Gasteiger partial charge in [0.1, 0.15) is 12.6 Å². The highest BCUT2D eigenvalue weighted by molar-refractivity contribution is 5.89. The molecule has 1 aliphatic carbocycles. The summed E-state index contributed by atoms with van der Waals surface area (Å²) in [6.07, 6.45) is -1.36. The number of benzene rings is 2. The van der Waals surface area contributed by atoms with Crippen molar-refractivity contribution in [3.05, 3.63) is 59.7 Å². The molecular formula is C27H32N2O6. The fraction of sp³-hybridized carbons (Fsp3) is 0.444. The number of nitrogens with zero attached hydrogens (tertiary/aromatic N) is 1. The lowest BCUT2D eigenvalue weighted by atomic mass is 9.98. The minimum Gasteiger partial charge on any atom is -0.481 e. The fourth-order valence-corrected chi connectivity index (χ4v) is 5.32. The van der Waals surface area contributed by atoms with Gasteiger partial charge in [-0.3, -0.25) is 9.59 Å². The lowest BCUT2D eigenvalue weighted by Gasteiger charge is -2.47. The third kappa shape index (κ3) is 5.48. The molecule has 1 fully saturated rings. The summed E-state index contributed by atoms with van der Waals surface area (Å²) in [5.74, 6) is -1.79. The summed E-state index contributed by atoms with van der Waals surface area (Å²) >= 11 is 0. The number of nitrogens with one attached hydrogen (secondary N) is 1.